The van der Waals surface area contributed by atoms with Crippen LogP contribution in [0.1, 0.15) is 55.5 Å². The molecule has 0 spiro atoms. The summed E-state index contributed by atoms with van der Waals surface area (Å²) in [6.45, 7) is 4.79. The highest BCUT2D eigenvalue weighted by molar-refractivity contribution is 5.91. The quantitative estimate of drug-likeness (QED) is 0.584. The summed E-state index contributed by atoms with van der Waals surface area (Å²) in [6, 6.07) is 5.36. The van der Waals surface area contributed by atoms with E-state index in [4.69, 9.17) is 4.74 Å². The van der Waals surface area contributed by atoms with E-state index in [0.717, 1.165) is 37.7 Å². The lowest BCUT2D eigenvalue weighted by Crippen LogP contribution is -2.07. The number of carboxylic acid groups (broad SMARTS) is 1. The van der Waals surface area contributed by atoms with Gasteiger partial charge in [-0.15, -0.1) is 0 Å². The molecule has 3 nitrogen and oxygen atoms in total. The largest absolute Gasteiger partial charge is 0.492 e. The van der Waals surface area contributed by atoms with Crippen LogP contribution in [0.15, 0.2) is 18.2 Å². The molecule has 1 rings (SSSR count). The van der Waals surface area contributed by atoms with E-state index in [0.29, 0.717) is 12.4 Å². The molecule has 0 atom stereocenters. The number of aryl methyl sites for hydroxylation is 1. The summed E-state index contributed by atoms with van der Waals surface area (Å²) in [7, 11) is 0. The van der Waals surface area contributed by atoms with Crippen LogP contribution >= 0.6 is 0 Å². The number of unbranched alkanes of at least 4 members (excludes halogenated alkanes) is 2. The van der Waals surface area contributed by atoms with E-state index in [-0.39, 0.29) is 22.9 Å². The van der Waals surface area contributed by atoms with Crippen molar-refractivity contribution in [3.05, 3.63) is 29.3 Å². The number of aromatic carboxylic acids is 1. The first-order chi connectivity index (χ1) is 8.70. The van der Waals surface area contributed by atoms with Gasteiger partial charge in [-0.2, -0.15) is 0 Å². The molecule has 0 bridgehead atoms. The van der Waals surface area contributed by atoms with Gasteiger partial charge in [0, 0.05) is 17.4 Å². The summed E-state index contributed by atoms with van der Waals surface area (Å²) in [4.78, 5) is 11.2. The first kappa shape index (κ1) is 18.0. The molecule has 1 aromatic carbocycles. The SMILES string of the molecule is CCCCOc1c(CCCC)cccc1C(=O)O.[Al]. The summed E-state index contributed by atoms with van der Waals surface area (Å²) in [6.07, 6.45) is 5.00. The third-order valence-corrected chi connectivity index (χ3v) is 2.87. The van der Waals surface area contributed by atoms with Gasteiger partial charge in [-0.25, -0.2) is 4.79 Å². The van der Waals surface area contributed by atoms with Crippen LogP contribution in [0.3, 0.4) is 0 Å². The van der Waals surface area contributed by atoms with E-state index in [1.807, 2.05) is 6.07 Å². The number of para-hydroxylation sites is 1. The van der Waals surface area contributed by atoms with Gasteiger partial charge in [0.1, 0.15) is 11.3 Å². The van der Waals surface area contributed by atoms with E-state index in [1.165, 1.54) is 0 Å². The average Bonchev–Trinajstić information content (AvgIpc) is 2.37. The van der Waals surface area contributed by atoms with Crippen molar-refractivity contribution < 1.29 is 14.6 Å². The van der Waals surface area contributed by atoms with Gasteiger partial charge >= 0.3 is 5.97 Å². The highest BCUT2D eigenvalue weighted by atomic mass is 27.0. The van der Waals surface area contributed by atoms with Gasteiger partial charge in [-0.3, -0.25) is 0 Å². The van der Waals surface area contributed by atoms with E-state index in [2.05, 4.69) is 13.8 Å². The van der Waals surface area contributed by atoms with Crippen molar-refractivity contribution in [1.29, 1.82) is 0 Å². The smallest absolute Gasteiger partial charge is 0.339 e. The lowest BCUT2D eigenvalue weighted by Gasteiger charge is -2.13. The Morgan fingerprint density at radius 3 is 2.47 bits per heavy atom. The molecule has 1 N–H and O–H groups in total. The highest BCUT2D eigenvalue weighted by Gasteiger charge is 2.14. The van der Waals surface area contributed by atoms with Crippen molar-refractivity contribution in [2.75, 3.05) is 6.61 Å². The van der Waals surface area contributed by atoms with Gasteiger partial charge in [0.15, 0.2) is 0 Å². The molecule has 0 aromatic heterocycles. The molecule has 0 aliphatic carbocycles. The van der Waals surface area contributed by atoms with Crippen LogP contribution in [0.5, 0.6) is 5.75 Å². The van der Waals surface area contributed by atoms with Crippen LogP contribution in [-0.2, 0) is 6.42 Å². The predicted octanol–water partition coefficient (Wildman–Crippen LogP) is 3.53. The lowest BCUT2D eigenvalue weighted by atomic mass is 10.0. The van der Waals surface area contributed by atoms with Gasteiger partial charge in [0.25, 0.3) is 0 Å². The van der Waals surface area contributed by atoms with Crippen LogP contribution in [0.25, 0.3) is 0 Å². The van der Waals surface area contributed by atoms with Crippen LogP contribution < -0.4 is 4.74 Å². The molecule has 19 heavy (non-hydrogen) atoms. The fraction of sp³-hybridized carbons (Fsp3) is 0.533. The molecular weight excluding hydrogens is 255 g/mol. The number of rotatable bonds is 8. The summed E-state index contributed by atoms with van der Waals surface area (Å²) in [5.74, 6) is -0.355. The number of carbonyl (C=O) groups is 1. The molecule has 0 amide bonds. The van der Waals surface area contributed by atoms with E-state index < -0.39 is 5.97 Å². The number of hydrogen-bond donors (Lipinski definition) is 1. The summed E-state index contributed by atoms with van der Waals surface area (Å²) in [5.41, 5.74) is 1.28. The van der Waals surface area contributed by atoms with Crippen LogP contribution in [0, 0.1) is 0 Å². The van der Waals surface area contributed by atoms with E-state index in [9.17, 15) is 9.90 Å². The molecule has 0 aliphatic heterocycles. The van der Waals surface area contributed by atoms with Crippen LogP contribution in [0.4, 0.5) is 0 Å². The molecule has 3 radical (unpaired) electrons. The van der Waals surface area contributed by atoms with Crippen molar-refractivity contribution in [1.82, 2.24) is 0 Å². The fourth-order valence-electron chi connectivity index (χ4n) is 1.81. The number of carboxylic acids is 1. The summed E-state index contributed by atoms with van der Waals surface area (Å²) >= 11 is 0. The molecule has 4 heteroatoms. The predicted molar refractivity (Wildman–Crippen MR) is 78.2 cm³/mol. The first-order valence-corrected chi connectivity index (χ1v) is 6.68. The lowest BCUT2D eigenvalue weighted by molar-refractivity contribution is 0.0692. The minimum atomic E-state index is -0.917. The maximum Gasteiger partial charge on any atom is 0.339 e. The zero-order valence-corrected chi connectivity index (χ0v) is 13.0. The first-order valence-electron chi connectivity index (χ1n) is 6.68. The molecule has 0 aliphatic rings. The molecule has 103 valence electrons. The monoisotopic (exact) mass is 277 g/mol. The maximum absolute atomic E-state index is 11.2. The second kappa shape index (κ2) is 9.89. The van der Waals surface area contributed by atoms with Gasteiger partial charge in [-0.1, -0.05) is 38.8 Å². The Bertz CT molecular complexity index is 391. The van der Waals surface area contributed by atoms with Gasteiger partial charge in [0.2, 0.25) is 0 Å². The Morgan fingerprint density at radius 1 is 1.21 bits per heavy atom. The Hall–Kier alpha value is -0.978. The zero-order valence-electron chi connectivity index (χ0n) is 11.8. The van der Waals surface area contributed by atoms with Crippen LogP contribution in [0.2, 0.25) is 0 Å². The Labute approximate surface area is 126 Å². The minimum Gasteiger partial charge on any atom is -0.492 e. The minimum absolute atomic E-state index is 0. The summed E-state index contributed by atoms with van der Waals surface area (Å²) < 4.78 is 5.69. The molecule has 0 unspecified atom stereocenters. The normalized spacial score (nSPS) is 9.79. The van der Waals surface area contributed by atoms with Crippen molar-refractivity contribution in [2.24, 2.45) is 0 Å². The van der Waals surface area contributed by atoms with Crippen molar-refractivity contribution in [2.45, 2.75) is 46.0 Å². The Morgan fingerprint density at radius 2 is 1.89 bits per heavy atom. The second-order valence-electron chi connectivity index (χ2n) is 4.40. The van der Waals surface area contributed by atoms with E-state index >= 15 is 0 Å². The Balaban J connectivity index is 0.00000324. The molecule has 0 fully saturated rings. The molecule has 0 saturated heterocycles. The highest BCUT2D eigenvalue weighted by Crippen LogP contribution is 2.26. The summed E-state index contributed by atoms with van der Waals surface area (Å²) in [5, 5.41) is 9.19. The number of hydrogen-bond acceptors (Lipinski definition) is 2. The van der Waals surface area contributed by atoms with Crippen molar-refractivity contribution >= 4 is 23.3 Å². The molecule has 0 heterocycles. The third kappa shape index (κ3) is 5.67. The zero-order chi connectivity index (χ0) is 13.4. The third-order valence-electron chi connectivity index (χ3n) is 2.87. The van der Waals surface area contributed by atoms with Gasteiger partial charge in [0.05, 0.1) is 6.61 Å². The number of ether oxygens (including phenoxy) is 1. The van der Waals surface area contributed by atoms with E-state index in [1.54, 1.807) is 12.1 Å². The van der Waals surface area contributed by atoms with Crippen molar-refractivity contribution in [3.63, 3.8) is 0 Å². The second-order valence-corrected chi connectivity index (χ2v) is 4.40. The van der Waals surface area contributed by atoms with Gasteiger partial charge in [-0.05, 0) is 30.9 Å². The fourth-order valence-corrected chi connectivity index (χ4v) is 1.81. The standard InChI is InChI=1S/C15H22O3.Al/c1-3-5-8-12-9-7-10-13(15(16)17)14(12)18-11-6-4-2;/h7,9-10H,3-6,8,11H2,1-2H3,(H,16,17);. The molecular formula is C15H22AlO3. The van der Waals surface area contributed by atoms with Crippen molar-refractivity contribution in [3.8, 4) is 5.75 Å². The van der Waals surface area contributed by atoms with Crippen LogP contribution in [-0.4, -0.2) is 35.0 Å². The Kier molecular flexibility index (Phi) is 9.38. The average molecular weight is 277 g/mol. The number of benzene rings is 1. The maximum atomic E-state index is 11.2. The molecule has 0 saturated carbocycles. The molecule has 1 aromatic rings. The van der Waals surface area contributed by atoms with Gasteiger partial charge < -0.3 is 9.84 Å². The topological polar surface area (TPSA) is 46.5 Å².